The smallest absolute Gasteiger partial charge is 0.271 e. The third-order valence-electron chi connectivity index (χ3n) is 5.04. The molecule has 0 saturated carbocycles. The van der Waals surface area contributed by atoms with E-state index in [0.29, 0.717) is 16.3 Å². The van der Waals surface area contributed by atoms with Crippen LogP contribution >= 0.6 is 11.6 Å². The Balaban J connectivity index is 1.86. The monoisotopic (exact) mass is 397 g/mol. The van der Waals surface area contributed by atoms with Gasteiger partial charge in [0.05, 0.1) is 18.9 Å². The highest BCUT2D eigenvalue weighted by molar-refractivity contribution is 6.30. The molecule has 0 aliphatic carbocycles. The lowest BCUT2D eigenvalue weighted by Crippen LogP contribution is -2.42. The number of benzene rings is 2. The van der Waals surface area contributed by atoms with Crippen LogP contribution in [0.2, 0.25) is 5.02 Å². The van der Waals surface area contributed by atoms with Crippen LogP contribution in [0.3, 0.4) is 0 Å². The largest absolute Gasteiger partial charge is 0.496 e. The summed E-state index contributed by atoms with van der Waals surface area (Å²) in [6.07, 6.45) is 3.84. The Morgan fingerprint density at radius 3 is 2.57 bits per heavy atom. The molecule has 146 valence electrons. The third kappa shape index (κ3) is 3.90. The molecule has 0 fully saturated rings. The lowest BCUT2D eigenvalue weighted by atomic mass is 9.88. The van der Waals surface area contributed by atoms with Crippen molar-refractivity contribution in [2.24, 2.45) is 5.10 Å². The number of hydrogen-bond acceptors (Lipinski definition) is 4. The second-order valence-corrected chi connectivity index (χ2v) is 7.79. The maximum absolute atomic E-state index is 12.2. The molecule has 0 spiro atoms. The fourth-order valence-electron chi connectivity index (χ4n) is 3.30. The Labute approximate surface area is 170 Å². The number of anilines is 1. The van der Waals surface area contributed by atoms with E-state index in [1.165, 1.54) is 5.57 Å². The van der Waals surface area contributed by atoms with Crippen molar-refractivity contribution in [1.29, 1.82) is 0 Å². The van der Waals surface area contributed by atoms with Gasteiger partial charge in [-0.25, -0.2) is 5.43 Å². The molecule has 1 N–H and O–H groups in total. The molecule has 1 heterocycles. The van der Waals surface area contributed by atoms with Gasteiger partial charge >= 0.3 is 0 Å². The highest BCUT2D eigenvalue weighted by atomic mass is 35.5. The zero-order valence-electron chi connectivity index (χ0n) is 16.7. The number of carbonyl (C=O) groups is 1. The van der Waals surface area contributed by atoms with Crippen molar-refractivity contribution in [2.75, 3.05) is 19.1 Å². The molecule has 3 rings (SSSR count). The van der Waals surface area contributed by atoms with Gasteiger partial charge in [-0.15, -0.1) is 0 Å². The van der Waals surface area contributed by atoms with Crippen LogP contribution in [0.4, 0.5) is 5.69 Å². The van der Waals surface area contributed by atoms with Crippen LogP contribution in [0.15, 0.2) is 47.6 Å². The first-order valence-corrected chi connectivity index (χ1v) is 9.35. The highest BCUT2D eigenvalue weighted by Gasteiger charge is 2.29. The summed E-state index contributed by atoms with van der Waals surface area (Å²) in [7, 11) is 3.70. The van der Waals surface area contributed by atoms with Crippen molar-refractivity contribution in [3.8, 4) is 5.75 Å². The second kappa shape index (κ2) is 7.68. The van der Waals surface area contributed by atoms with Gasteiger partial charge < -0.3 is 9.64 Å². The van der Waals surface area contributed by atoms with Gasteiger partial charge in [0.2, 0.25) is 0 Å². The molecule has 0 atom stereocenters. The van der Waals surface area contributed by atoms with Crippen LogP contribution in [-0.2, 0) is 0 Å². The van der Waals surface area contributed by atoms with Gasteiger partial charge in [0, 0.05) is 40.5 Å². The number of fused-ring (bicyclic) bond motifs is 1. The van der Waals surface area contributed by atoms with Crippen molar-refractivity contribution in [3.05, 3.63) is 64.2 Å². The molecule has 0 aromatic heterocycles. The van der Waals surface area contributed by atoms with Crippen LogP contribution in [0.5, 0.6) is 5.75 Å². The molecule has 1 aliphatic heterocycles. The van der Waals surface area contributed by atoms with E-state index >= 15 is 0 Å². The lowest BCUT2D eigenvalue weighted by Gasteiger charge is -2.40. The minimum absolute atomic E-state index is 0.0791. The Hall–Kier alpha value is -2.79. The summed E-state index contributed by atoms with van der Waals surface area (Å²) in [5.41, 5.74) is 7.15. The summed E-state index contributed by atoms with van der Waals surface area (Å²) < 4.78 is 5.55. The first-order chi connectivity index (χ1) is 13.2. The van der Waals surface area contributed by atoms with Gasteiger partial charge in [-0.2, -0.15) is 5.10 Å². The van der Waals surface area contributed by atoms with Gasteiger partial charge in [0.1, 0.15) is 5.75 Å². The number of rotatable bonds is 4. The molecule has 1 amide bonds. The van der Waals surface area contributed by atoms with E-state index < -0.39 is 0 Å². The third-order valence-corrected chi connectivity index (χ3v) is 5.30. The Morgan fingerprint density at radius 2 is 1.93 bits per heavy atom. The molecule has 0 bridgehead atoms. The van der Waals surface area contributed by atoms with Crippen molar-refractivity contribution in [2.45, 2.75) is 26.3 Å². The van der Waals surface area contributed by atoms with E-state index in [0.717, 1.165) is 16.8 Å². The summed E-state index contributed by atoms with van der Waals surface area (Å²) in [4.78, 5) is 14.4. The highest BCUT2D eigenvalue weighted by Crippen LogP contribution is 2.40. The van der Waals surface area contributed by atoms with E-state index in [4.69, 9.17) is 16.3 Å². The van der Waals surface area contributed by atoms with E-state index in [1.54, 1.807) is 37.6 Å². The van der Waals surface area contributed by atoms with Crippen LogP contribution < -0.4 is 15.1 Å². The number of hydrazone groups is 1. The van der Waals surface area contributed by atoms with Gasteiger partial charge in [0.15, 0.2) is 0 Å². The number of nitrogens with one attached hydrogen (secondary N) is 1. The van der Waals surface area contributed by atoms with Crippen molar-refractivity contribution < 1.29 is 9.53 Å². The Morgan fingerprint density at radius 1 is 1.25 bits per heavy atom. The number of likely N-dealkylation sites (N-methyl/N-ethyl adjacent to an activating group) is 1. The Kier molecular flexibility index (Phi) is 5.47. The van der Waals surface area contributed by atoms with Crippen molar-refractivity contribution >= 4 is 35.0 Å². The molecular formula is C22H24ClN3O2. The van der Waals surface area contributed by atoms with Crippen molar-refractivity contribution in [1.82, 2.24) is 5.43 Å². The molecule has 2 aromatic rings. The molecule has 6 heteroatoms. The number of halogens is 1. The molecule has 0 unspecified atom stereocenters. The van der Waals surface area contributed by atoms with E-state index in [9.17, 15) is 4.79 Å². The first kappa shape index (κ1) is 20.0. The summed E-state index contributed by atoms with van der Waals surface area (Å²) in [6.45, 7) is 6.45. The summed E-state index contributed by atoms with van der Waals surface area (Å²) >= 11 is 5.85. The number of allylic oxidation sites excluding steroid dienone is 1. The SMILES string of the molecule is COc1cc2c(cc1/C=N\NC(=O)c1ccc(Cl)cc1)C(C)=CC(C)(C)N2C. The average molecular weight is 398 g/mol. The molecular weight excluding hydrogens is 374 g/mol. The van der Waals surface area contributed by atoms with E-state index in [-0.39, 0.29) is 11.4 Å². The number of hydrogen-bond donors (Lipinski definition) is 1. The van der Waals surface area contributed by atoms with Gasteiger partial charge in [-0.3, -0.25) is 4.79 Å². The predicted octanol–water partition coefficient (Wildman–Crippen LogP) is 4.74. The predicted molar refractivity (Wildman–Crippen MR) is 116 cm³/mol. The minimum atomic E-state index is -0.303. The van der Waals surface area contributed by atoms with Crippen LogP contribution in [0.1, 0.15) is 42.3 Å². The van der Waals surface area contributed by atoms with Crippen LogP contribution in [-0.4, -0.2) is 31.8 Å². The molecule has 5 nitrogen and oxygen atoms in total. The lowest BCUT2D eigenvalue weighted by molar-refractivity contribution is 0.0955. The minimum Gasteiger partial charge on any atom is -0.496 e. The maximum atomic E-state index is 12.2. The normalized spacial score (nSPS) is 15.2. The summed E-state index contributed by atoms with van der Waals surface area (Å²) in [5.74, 6) is 0.392. The molecule has 1 aliphatic rings. The van der Waals surface area contributed by atoms with Gasteiger partial charge in [0.25, 0.3) is 5.91 Å². The summed E-state index contributed by atoms with van der Waals surface area (Å²) in [6, 6.07) is 10.7. The number of carbonyl (C=O) groups excluding carboxylic acids is 1. The zero-order valence-corrected chi connectivity index (χ0v) is 17.5. The van der Waals surface area contributed by atoms with Crippen LogP contribution in [0.25, 0.3) is 5.57 Å². The quantitative estimate of drug-likeness (QED) is 0.598. The van der Waals surface area contributed by atoms with Crippen LogP contribution in [0, 0.1) is 0 Å². The van der Waals surface area contributed by atoms with Gasteiger partial charge in [-0.1, -0.05) is 17.7 Å². The Bertz CT molecular complexity index is 962. The number of methoxy groups -OCH3 is 1. The number of amides is 1. The molecule has 2 aromatic carbocycles. The first-order valence-electron chi connectivity index (χ1n) is 8.97. The van der Waals surface area contributed by atoms with E-state index in [2.05, 4.69) is 49.3 Å². The fraction of sp³-hybridized carbons (Fsp3) is 0.273. The van der Waals surface area contributed by atoms with Crippen molar-refractivity contribution in [3.63, 3.8) is 0 Å². The maximum Gasteiger partial charge on any atom is 0.271 e. The standard InChI is InChI=1S/C22H24ClN3O2/c1-14-12-22(2,3)26(4)19-11-20(28-5)16(10-18(14)19)13-24-25-21(27)15-6-8-17(23)9-7-15/h6-13H,1-5H3,(H,25,27)/b24-13-. The molecule has 0 radical (unpaired) electrons. The molecule has 28 heavy (non-hydrogen) atoms. The summed E-state index contributed by atoms with van der Waals surface area (Å²) in [5, 5.41) is 4.68. The zero-order chi connectivity index (χ0) is 20.5. The number of ether oxygens (including phenoxy) is 1. The molecule has 0 saturated heterocycles. The van der Waals surface area contributed by atoms with E-state index in [1.807, 2.05) is 12.1 Å². The van der Waals surface area contributed by atoms with Gasteiger partial charge in [-0.05, 0) is 56.7 Å². The average Bonchev–Trinajstić information content (AvgIpc) is 2.66. The fourth-order valence-corrected chi connectivity index (χ4v) is 3.42. The number of nitrogens with zero attached hydrogens (tertiary/aromatic N) is 2. The second-order valence-electron chi connectivity index (χ2n) is 7.36. The topological polar surface area (TPSA) is 53.9 Å².